The number of methoxy groups -OCH3 is 2. The van der Waals surface area contributed by atoms with Gasteiger partial charge in [0.1, 0.15) is 11.5 Å². The van der Waals surface area contributed by atoms with Gasteiger partial charge >= 0.3 is 0 Å². The lowest BCUT2D eigenvalue weighted by Crippen LogP contribution is -2.31. The Bertz CT molecular complexity index is 866. The van der Waals surface area contributed by atoms with Gasteiger partial charge in [0.15, 0.2) is 0 Å². The van der Waals surface area contributed by atoms with Crippen LogP contribution in [0.1, 0.15) is 84.6 Å². The van der Waals surface area contributed by atoms with Crippen molar-refractivity contribution in [2.45, 2.75) is 92.1 Å². The van der Waals surface area contributed by atoms with Crippen LogP contribution in [-0.4, -0.2) is 19.4 Å². The Kier molecular flexibility index (Phi) is 7.29. The van der Waals surface area contributed by atoms with Crippen LogP contribution in [-0.2, 0) is 10.8 Å². The maximum atomic E-state index is 6.13. The lowest BCUT2D eigenvalue weighted by Gasteiger charge is -2.37. The third-order valence-electron chi connectivity index (χ3n) is 5.60. The van der Waals surface area contributed by atoms with Crippen LogP contribution in [0.5, 0.6) is 11.5 Å². The standard InChI is InChI=1S/C28H43O2P/c1-18-14-20(26(3,4)5)24(29-12)22(16-18)31(28(9,10)11)23-17-19(2)15-21(25(23)30-13)27(6,7)8/h14-17H,1-13H3. The van der Waals surface area contributed by atoms with E-state index in [0.717, 1.165) is 11.5 Å². The first-order valence-corrected chi connectivity index (χ1v) is 12.5. The van der Waals surface area contributed by atoms with E-state index in [2.05, 4.69) is 100 Å². The van der Waals surface area contributed by atoms with Gasteiger partial charge in [-0.1, -0.05) is 74.4 Å². The highest BCUT2D eigenvalue weighted by atomic mass is 31.1. The van der Waals surface area contributed by atoms with Crippen molar-refractivity contribution in [1.29, 1.82) is 0 Å². The summed E-state index contributed by atoms with van der Waals surface area (Å²) >= 11 is 0. The van der Waals surface area contributed by atoms with Crippen LogP contribution in [0.4, 0.5) is 0 Å². The molecule has 0 saturated carbocycles. The molecule has 0 aliphatic rings. The fourth-order valence-electron chi connectivity index (χ4n) is 4.24. The minimum absolute atomic E-state index is 0.00172. The van der Waals surface area contributed by atoms with E-state index in [-0.39, 0.29) is 16.0 Å². The van der Waals surface area contributed by atoms with Crippen molar-refractivity contribution in [3.63, 3.8) is 0 Å². The molecule has 0 aliphatic carbocycles. The molecular formula is C28H43O2P. The quantitative estimate of drug-likeness (QED) is 0.468. The fourth-order valence-corrected chi connectivity index (χ4v) is 7.44. The van der Waals surface area contributed by atoms with Gasteiger partial charge in [-0.25, -0.2) is 0 Å². The lowest BCUT2D eigenvalue weighted by molar-refractivity contribution is 0.400. The maximum Gasteiger partial charge on any atom is 0.130 e. The molecule has 0 heterocycles. The summed E-state index contributed by atoms with van der Waals surface area (Å²) < 4.78 is 12.3. The van der Waals surface area contributed by atoms with Crippen LogP contribution < -0.4 is 20.1 Å². The van der Waals surface area contributed by atoms with E-state index >= 15 is 0 Å². The fraction of sp³-hybridized carbons (Fsp3) is 0.571. The number of benzene rings is 2. The molecule has 172 valence electrons. The predicted octanol–water partition coefficient (Wildman–Crippen LogP) is 7.15. The first-order valence-electron chi connectivity index (χ1n) is 11.2. The van der Waals surface area contributed by atoms with Gasteiger partial charge in [0.25, 0.3) is 0 Å². The number of ether oxygens (including phenoxy) is 2. The van der Waals surface area contributed by atoms with Gasteiger partial charge in [-0.2, -0.15) is 0 Å². The average Bonchev–Trinajstić information content (AvgIpc) is 2.58. The Labute approximate surface area is 192 Å². The normalized spacial score (nSPS) is 13.0. The smallest absolute Gasteiger partial charge is 0.130 e. The van der Waals surface area contributed by atoms with Crippen LogP contribution in [0.25, 0.3) is 0 Å². The summed E-state index contributed by atoms with van der Waals surface area (Å²) in [6.07, 6.45) is 0. The molecule has 2 nitrogen and oxygen atoms in total. The monoisotopic (exact) mass is 442 g/mol. The molecule has 0 fully saturated rings. The van der Waals surface area contributed by atoms with Crippen molar-refractivity contribution in [3.8, 4) is 11.5 Å². The minimum atomic E-state index is -0.754. The molecule has 0 unspecified atom stereocenters. The Morgan fingerprint density at radius 1 is 0.581 bits per heavy atom. The second-order valence-electron chi connectivity index (χ2n) is 11.7. The molecule has 0 radical (unpaired) electrons. The van der Waals surface area contributed by atoms with Crippen molar-refractivity contribution in [3.05, 3.63) is 46.5 Å². The van der Waals surface area contributed by atoms with Crippen LogP contribution >= 0.6 is 7.92 Å². The Morgan fingerprint density at radius 2 is 0.903 bits per heavy atom. The molecule has 2 aromatic rings. The third kappa shape index (κ3) is 5.46. The summed E-state index contributed by atoms with van der Waals surface area (Å²) in [5, 5.41) is 2.64. The summed E-state index contributed by atoms with van der Waals surface area (Å²) in [7, 11) is 2.87. The molecule has 31 heavy (non-hydrogen) atoms. The first-order chi connectivity index (χ1) is 14.0. The molecule has 0 atom stereocenters. The van der Waals surface area contributed by atoms with Crippen molar-refractivity contribution >= 4 is 18.5 Å². The van der Waals surface area contributed by atoms with Gasteiger partial charge in [0.2, 0.25) is 0 Å². The lowest BCUT2D eigenvalue weighted by atomic mass is 9.85. The number of aryl methyl sites for hydroxylation is 2. The van der Waals surface area contributed by atoms with Gasteiger partial charge in [-0.05, 0) is 61.0 Å². The van der Waals surface area contributed by atoms with E-state index in [9.17, 15) is 0 Å². The van der Waals surface area contributed by atoms with E-state index in [1.807, 2.05) is 14.2 Å². The van der Waals surface area contributed by atoms with Gasteiger partial charge in [0, 0.05) is 21.7 Å². The zero-order chi connectivity index (χ0) is 23.9. The highest BCUT2D eigenvalue weighted by Crippen LogP contribution is 2.53. The topological polar surface area (TPSA) is 18.5 Å². The molecule has 2 aromatic carbocycles. The average molecular weight is 443 g/mol. The van der Waals surface area contributed by atoms with E-state index < -0.39 is 7.92 Å². The minimum Gasteiger partial charge on any atom is -0.496 e. The molecule has 0 aromatic heterocycles. The van der Waals surface area contributed by atoms with E-state index in [1.165, 1.54) is 32.9 Å². The summed E-state index contributed by atoms with van der Waals surface area (Å²) in [5.74, 6) is 2.06. The van der Waals surface area contributed by atoms with E-state index in [1.54, 1.807) is 0 Å². The van der Waals surface area contributed by atoms with Gasteiger partial charge in [0.05, 0.1) is 14.2 Å². The molecule has 2 rings (SSSR count). The van der Waals surface area contributed by atoms with Gasteiger partial charge in [-0.15, -0.1) is 0 Å². The Morgan fingerprint density at radius 3 is 1.13 bits per heavy atom. The van der Waals surface area contributed by atoms with E-state index in [0.29, 0.717) is 0 Å². The van der Waals surface area contributed by atoms with Crippen LogP contribution in [0.3, 0.4) is 0 Å². The summed E-state index contributed by atoms with van der Waals surface area (Å²) in [6, 6.07) is 9.24. The zero-order valence-electron chi connectivity index (χ0n) is 22.1. The van der Waals surface area contributed by atoms with Crippen molar-refractivity contribution in [2.75, 3.05) is 14.2 Å². The molecular weight excluding hydrogens is 399 g/mol. The van der Waals surface area contributed by atoms with Crippen molar-refractivity contribution in [2.24, 2.45) is 0 Å². The van der Waals surface area contributed by atoms with Crippen LogP contribution in [0.2, 0.25) is 0 Å². The van der Waals surface area contributed by atoms with Crippen LogP contribution in [0.15, 0.2) is 24.3 Å². The summed E-state index contributed by atoms with van der Waals surface area (Å²) in [6.45, 7) is 25.0. The number of rotatable bonds is 4. The Balaban J connectivity index is 3.01. The van der Waals surface area contributed by atoms with Gasteiger partial charge in [-0.3, -0.25) is 0 Å². The molecule has 0 N–H and O–H groups in total. The van der Waals surface area contributed by atoms with Crippen molar-refractivity contribution in [1.82, 2.24) is 0 Å². The van der Waals surface area contributed by atoms with Gasteiger partial charge < -0.3 is 9.47 Å². The maximum absolute atomic E-state index is 6.13. The summed E-state index contributed by atoms with van der Waals surface area (Å²) in [4.78, 5) is 0. The first kappa shape index (κ1) is 25.7. The second-order valence-corrected chi connectivity index (χ2v) is 14.7. The SMILES string of the molecule is COc1c(P(c2cc(C)cc(C(C)(C)C)c2OC)C(C)(C)C)cc(C)cc1C(C)(C)C. The zero-order valence-corrected chi connectivity index (χ0v) is 23.0. The Hall–Kier alpha value is -1.53. The molecule has 0 amide bonds. The molecule has 0 saturated heterocycles. The number of hydrogen-bond acceptors (Lipinski definition) is 2. The predicted molar refractivity (Wildman–Crippen MR) is 139 cm³/mol. The highest BCUT2D eigenvalue weighted by molar-refractivity contribution is 7.74. The van der Waals surface area contributed by atoms with Crippen molar-refractivity contribution < 1.29 is 9.47 Å². The largest absolute Gasteiger partial charge is 0.496 e. The molecule has 3 heteroatoms. The van der Waals surface area contributed by atoms with Crippen LogP contribution in [0, 0.1) is 13.8 Å². The van der Waals surface area contributed by atoms with E-state index in [4.69, 9.17) is 9.47 Å². The second kappa shape index (κ2) is 8.78. The third-order valence-corrected chi connectivity index (χ3v) is 8.57. The number of hydrogen-bond donors (Lipinski definition) is 0. The highest BCUT2D eigenvalue weighted by Gasteiger charge is 2.36. The summed E-state index contributed by atoms with van der Waals surface area (Å²) in [5.41, 5.74) is 5.09. The molecule has 0 spiro atoms. The molecule has 0 aliphatic heterocycles. The molecule has 0 bridgehead atoms.